The number of hydrogen-bond donors (Lipinski definition) is 0. The number of carbonyl (C=O) groups is 1. The number of rotatable bonds is 8. The fourth-order valence-corrected chi connectivity index (χ4v) is 3.12. The van der Waals surface area contributed by atoms with Crippen molar-refractivity contribution in [3.8, 4) is 5.75 Å². The van der Waals surface area contributed by atoms with E-state index in [2.05, 4.69) is 9.97 Å². The Labute approximate surface area is 157 Å². The van der Waals surface area contributed by atoms with Gasteiger partial charge in [0.2, 0.25) is 5.91 Å². The third kappa shape index (κ3) is 5.39. The maximum Gasteiger partial charge on any atom is 0.228 e. The molecule has 0 unspecified atom stereocenters. The molecule has 0 saturated carbocycles. The summed E-state index contributed by atoms with van der Waals surface area (Å²) in [4.78, 5) is 22.6. The van der Waals surface area contributed by atoms with Crippen molar-refractivity contribution in [2.45, 2.75) is 19.4 Å². The number of amides is 1. The summed E-state index contributed by atoms with van der Waals surface area (Å²) in [6.45, 7) is 1.09. The Bertz CT molecular complexity index is 821. The highest BCUT2D eigenvalue weighted by Gasteiger charge is 2.12. The van der Waals surface area contributed by atoms with Crippen LogP contribution in [-0.4, -0.2) is 34.4 Å². The quantitative estimate of drug-likeness (QED) is 0.613. The zero-order chi connectivity index (χ0) is 18.2. The zero-order valence-electron chi connectivity index (χ0n) is 14.7. The molecule has 6 heteroatoms. The van der Waals surface area contributed by atoms with Gasteiger partial charge in [-0.15, -0.1) is 11.3 Å². The molecule has 1 aromatic carbocycles. The highest BCUT2D eigenvalue weighted by molar-refractivity contribution is 7.09. The van der Waals surface area contributed by atoms with E-state index in [0.29, 0.717) is 19.6 Å². The van der Waals surface area contributed by atoms with Crippen LogP contribution in [0.2, 0.25) is 0 Å². The zero-order valence-corrected chi connectivity index (χ0v) is 15.5. The summed E-state index contributed by atoms with van der Waals surface area (Å²) in [5.41, 5.74) is 1.97. The Morgan fingerprint density at radius 1 is 1.15 bits per heavy atom. The van der Waals surface area contributed by atoms with E-state index in [4.69, 9.17) is 4.74 Å². The third-order valence-corrected chi connectivity index (χ3v) is 4.82. The van der Waals surface area contributed by atoms with Gasteiger partial charge in [0.25, 0.3) is 0 Å². The van der Waals surface area contributed by atoms with E-state index in [1.807, 2.05) is 54.9 Å². The van der Waals surface area contributed by atoms with Crippen molar-refractivity contribution >= 4 is 17.2 Å². The van der Waals surface area contributed by atoms with Gasteiger partial charge in [-0.3, -0.25) is 9.78 Å². The molecule has 2 heterocycles. The number of benzene rings is 1. The van der Waals surface area contributed by atoms with Gasteiger partial charge in [0.15, 0.2) is 0 Å². The van der Waals surface area contributed by atoms with Gasteiger partial charge in [0.1, 0.15) is 17.4 Å². The highest BCUT2D eigenvalue weighted by atomic mass is 32.1. The first kappa shape index (κ1) is 18.1. The molecule has 0 bridgehead atoms. The van der Waals surface area contributed by atoms with E-state index >= 15 is 0 Å². The summed E-state index contributed by atoms with van der Waals surface area (Å²) in [6, 6.07) is 13.6. The van der Waals surface area contributed by atoms with E-state index in [1.54, 1.807) is 17.3 Å². The molecular formula is C20H21N3O2S. The van der Waals surface area contributed by atoms with E-state index < -0.39 is 0 Å². The summed E-state index contributed by atoms with van der Waals surface area (Å²) in [5.74, 6) is 0.885. The Morgan fingerprint density at radius 3 is 2.69 bits per heavy atom. The van der Waals surface area contributed by atoms with Crippen LogP contribution < -0.4 is 4.74 Å². The van der Waals surface area contributed by atoms with Gasteiger partial charge >= 0.3 is 0 Å². The van der Waals surface area contributed by atoms with Gasteiger partial charge < -0.3 is 9.64 Å². The second-order valence-corrected chi connectivity index (χ2v) is 6.87. The number of aromatic nitrogens is 2. The normalized spacial score (nSPS) is 10.5. The van der Waals surface area contributed by atoms with Crippen LogP contribution >= 0.6 is 11.3 Å². The Balaban J connectivity index is 1.46. The molecule has 0 saturated heterocycles. The maximum absolute atomic E-state index is 12.4. The second-order valence-electron chi connectivity index (χ2n) is 5.93. The lowest BCUT2D eigenvalue weighted by molar-refractivity contribution is -0.129. The van der Waals surface area contributed by atoms with Crippen molar-refractivity contribution in [1.82, 2.24) is 14.9 Å². The molecule has 134 valence electrons. The summed E-state index contributed by atoms with van der Waals surface area (Å²) >= 11 is 1.52. The average molecular weight is 367 g/mol. The molecule has 0 fully saturated rings. The van der Waals surface area contributed by atoms with E-state index in [0.717, 1.165) is 22.9 Å². The van der Waals surface area contributed by atoms with Crippen molar-refractivity contribution in [2.75, 3.05) is 13.6 Å². The van der Waals surface area contributed by atoms with E-state index in [9.17, 15) is 4.79 Å². The fraction of sp³-hybridized carbons (Fsp3) is 0.250. The molecule has 0 aliphatic heterocycles. The van der Waals surface area contributed by atoms with Crippen LogP contribution in [0.25, 0.3) is 0 Å². The predicted octanol–water partition coefficient (Wildman–Crippen LogP) is 3.36. The molecule has 0 radical (unpaired) electrons. The molecule has 0 N–H and O–H groups in total. The second kappa shape index (κ2) is 9.10. The lowest BCUT2D eigenvalue weighted by Gasteiger charge is -2.16. The van der Waals surface area contributed by atoms with Crippen LogP contribution in [0.15, 0.2) is 60.2 Å². The van der Waals surface area contributed by atoms with E-state index in [-0.39, 0.29) is 5.91 Å². The van der Waals surface area contributed by atoms with Crippen LogP contribution in [-0.2, 0) is 24.2 Å². The first-order chi connectivity index (χ1) is 12.7. The van der Waals surface area contributed by atoms with Crippen molar-refractivity contribution in [3.63, 3.8) is 0 Å². The molecular weight excluding hydrogens is 346 g/mol. The first-order valence-electron chi connectivity index (χ1n) is 8.44. The molecule has 3 rings (SSSR count). The van der Waals surface area contributed by atoms with Gasteiger partial charge in [0, 0.05) is 31.4 Å². The summed E-state index contributed by atoms with van der Waals surface area (Å²) in [7, 11) is 1.83. The minimum Gasteiger partial charge on any atom is -0.486 e. The number of ether oxygens (including phenoxy) is 1. The maximum atomic E-state index is 12.4. The number of pyridine rings is 1. The molecule has 0 aliphatic rings. The number of hydrogen-bond acceptors (Lipinski definition) is 5. The lowest BCUT2D eigenvalue weighted by Crippen LogP contribution is -2.30. The van der Waals surface area contributed by atoms with Crippen LogP contribution in [0, 0.1) is 0 Å². The number of nitrogens with zero attached hydrogens (tertiary/aromatic N) is 3. The van der Waals surface area contributed by atoms with Crippen LogP contribution in [0.1, 0.15) is 16.3 Å². The summed E-state index contributed by atoms with van der Waals surface area (Å²) in [6.07, 6.45) is 4.67. The number of likely N-dealkylation sites (N-methyl/N-ethyl adjacent to an activating group) is 1. The SMILES string of the molecule is CN(CCc1ccncc1)C(=O)Cc1csc(COc2ccccc2)n1. The van der Waals surface area contributed by atoms with E-state index in [1.165, 1.54) is 16.9 Å². The Hall–Kier alpha value is -2.73. The molecule has 0 aliphatic carbocycles. The summed E-state index contributed by atoms with van der Waals surface area (Å²) < 4.78 is 5.69. The van der Waals surface area contributed by atoms with Gasteiger partial charge in [-0.25, -0.2) is 4.98 Å². The Kier molecular flexibility index (Phi) is 6.33. The molecule has 3 aromatic rings. The van der Waals surface area contributed by atoms with Crippen molar-refractivity contribution in [3.05, 3.63) is 76.5 Å². The molecule has 2 aromatic heterocycles. The smallest absolute Gasteiger partial charge is 0.228 e. The average Bonchev–Trinajstić information content (AvgIpc) is 3.13. The largest absolute Gasteiger partial charge is 0.486 e. The highest BCUT2D eigenvalue weighted by Crippen LogP contribution is 2.15. The monoisotopic (exact) mass is 367 g/mol. The number of carbonyl (C=O) groups excluding carboxylic acids is 1. The minimum atomic E-state index is 0.0693. The standard InChI is InChI=1S/C20H21N3O2S/c1-23(12-9-16-7-10-21-11-8-16)20(24)13-17-15-26-19(22-17)14-25-18-5-3-2-4-6-18/h2-8,10-11,15H,9,12-14H2,1H3. The third-order valence-electron chi connectivity index (χ3n) is 3.95. The molecule has 26 heavy (non-hydrogen) atoms. The molecule has 0 atom stereocenters. The lowest BCUT2D eigenvalue weighted by atomic mass is 10.2. The molecule has 0 spiro atoms. The fourth-order valence-electron chi connectivity index (χ4n) is 2.42. The first-order valence-corrected chi connectivity index (χ1v) is 9.32. The van der Waals surface area contributed by atoms with Gasteiger partial charge in [-0.1, -0.05) is 18.2 Å². The number of thiazole rings is 1. The molecule has 5 nitrogen and oxygen atoms in total. The molecule has 1 amide bonds. The van der Waals surface area contributed by atoms with Crippen LogP contribution in [0.3, 0.4) is 0 Å². The Morgan fingerprint density at radius 2 is 1.92 bits per heavy atom. The van der Waals surface area contributed by atoms with Crippen molar-refractivity contribution < 1.29 is 9.53 Å². The summed E-state index contributed by atoms with van der Waals surface area (Å²) in [5, 5.41) is 2.80. The van der Waals surface area contributed by atoms with Crippen LogP contribution in [0.4, 0.5) is 0 Å². The predicted molar refractivity (Wildman–Crippen MR) is 102 cm³/mol. The number of para-hydroxylation sites is 1. The van der Waals surface area contributed by atoms with Gasteiger partial charge in [0.05, 0.1) is 12.1 Å². The van der Waals surface area contributed by atoms with Gasteiger partial charge in [-0.2, -0.15) is 0 Å². The van der Waals surface area contributed by atoms with Crippen molar-refractivity contribution in [1.29, 1.82) is 0 Å². The van der Waals surface area contributed by atoms with Gasteiger partial charge in [-0.05, 0) is 36.2 Å². The van der Waals surface area contributed by atoms with Crippen LogP contribution in [0.5, 0.6) is 5.75 Å². The minimum absolute atomic E-state index is 0.0693. The van der Waals surface area contributed by atoms with Crippen molar-refractivity contribution in [2.24, 2.45) is 0 Å². The topological polar surface area (TPSA) is 55.3 Å².